The molecule has 0 bridgehead atoms. The highest BCUT2D eigenvalue weighted by molar-refractivity contribution is 6.33. The second-order valence-electron chi connectivity index (χ2n) is 18.2. The summed E-state index contributed by atoms with van der Waals surface area (Å²) in [6.07, 6.45) is -5.07. The monoisotopic (exact) mass is 922 g/mol. The third-order valence-corrected chi connectivity index (χ3v) is 13.4. The average molecular weight is 923 g/mol. The Hall–Kier alpha value is -5.38. The maximum Gasteiger partial charge on any atom is 0.335 e. The average Bonchev–Trinajstić information content (AvgIpc) is 3.90. The van der Waals surface area contributed by atoms with Crippen LogP contribution in [0.5, 0.6) is 5.75 Å². The summed E-state index contributed by atoms with van der Waals surface area (Å²) in [4.78, 5) is 79.6. The van der Waals surface area contributed by atoms with Crippen molar-refractivity contribution >= 4 is 40.4 Å². The molecule has 12 atom stereocenters. The Morgan fingerprint density at radius 2 is 1.48 bits per heavy atom. The molecule has 3 fully saturated rings. The van der Waals surface area contributed by atoms with E-state index in [1.54, 1.807) is 33.8 Å². The van der Waals surface area contributed by atoms with Gasteiger partial charge >= 0.3 is 17.9 Å². The number of carboxylic acid groups (broad SMARTS) is 2. The number of hydrogen-bond acceptors (Lipinski definition) is 17. The molecule has 358 valence electrons. The first kappa shape index (κ1) is 50.0. The molecule has 2 aromatic carbocycles. The van der Waals surface area contributed by atoms with Crippen molar-refractivity contribution in [2.75, 3.05) is 28.2 Å². The van der Waals surface area contributed by atoms with Gasteiger partial charge in [0, 0.05) is 35.7 Å². The molecule has 6 N–H and O–H groups in total. The van der Waals surface area contributed by atoms with Gasteiger partial charge in [0.2, 0.25) is 5.78 Å². The van der Waals surface area contributed by atoms with Gasteiger partial charge in [-0.05, 0) is 106 Å². The molecule has 19 heteroatoms. The summed E-state index contributed by atoms with van der Waals surface area (Å²) in [7, 11) is 7.45. The second-order valence-corrected chi connectivity index (χ2v) is 18.2. The Morgan fingerprint density at radius 1 is 0.879 bits per heavy atom. The number of aromatic hydroxyl groups is 1. The van der Waals surface area contributed by atoms with E-state index in [9.17, 15) is 29.4 Å². The number of aliphatic hydroxyl groups is 3. The molecule has 19 nitrogen and oxygen atoms in total. The number of ether oxygens (including phenoxy) is 4. The molecular weight excluding hydrogens is 865 g/mol. The zero-order valence-corrected chi connectivity index (χ0v) is 38.6. The van der Waals surface area contributed by atoms with Gasteiger partial charge in [-0.2, -0.15) is 0 Å². The number of ketones is 2. The first-order chi connectivity index (χ1) is 30.7. The number of carbonyl (C=O) groups is 5. The van der Waals surface area contributed by atoms with Crippen molar-refractivity contribution in [1.29, 1.82) is 0 Å². The SMILES string of the molecule is C/C=C/C1OC1(C)c1cc(=O)c2c(C)cc3c(c2o1)C(=O)c1c(O)c([C@@H]2C[C@@](C)(N(C)C)[C@@H](OC(C)=O)[C@H](C)O2)cc([C@@H]2C[C@@H](N(C)C)[C@@H](O)[C@H](C)O2)c1C3=O.O=C(O)C(O)C(O)C(=O)O. The summed E-state index contributed by atoms with van der Waals surface area (Å²) in [5.74, 6) is -5.47. The Kier molecular flexibility index (Phi) is 13.9. The number of nitrogens with zero attached hydrogens (tertiary/aromatic N) is 2. The Balaban J connectivity index is 0.000000645. The summed E-state index contributed by atoms with van der Waals surface area (Å²) in [5, 5.41) is 56.2. The van der Waals surface area contributed by atoms with E-state index >= 15 is 9.59 Å². The number of phenolic OH excluding ortho intramolecular Hbond substituents is 1. The van der Waals surface area contributed by atoms with E-state index in [2.05, 4.69) is 0 Å². The molecule has 4 heterocycles. The third-order valence-electron chi connectivity index (χ3n) is 13.4. The van der Waals surface area contributed by atoms with Crippen LogP contribution >= 0.6 is 0 Å². The molecule has 0 saturated carbocycles. The zero-order chi connectivity index (χ0) is 49.2. The molecule has 66 heavy (non-hydrogen) atoms. The number of allylic oxidation sites excluding steroid dienone is 1. The second kappa shape index (κ2) is 18.4. The van der Waals surface area contributed by atoms with E-state index in [1.165, 1.54) is 19.1 Å². The number of rotatable bonds is 10. The summed E-state index contributed by atoms with van der Waals surface area (Å²) < 4.78 is 31.1. The van der Waals surface area contributed by atoms with Gasteiger partial charge in [0.1, 0.15) is 29.3 Å². The number of aryl methyl sites for hydroxylation is 1. The number of hydrogen-bond donors (Lipinski definition) is 6. The molecular formula is C47H58N2O17. The number of epoxide rings is 1. The summed E-state index contributed by atoms with van der Waals surface area (Å²) in [6, 6.07) is 4.22. The van der Waals surface area contributed by atoms with Crippen LogP contribution in [0.2, 0.25) is 0 Å². The van der Waals surface area contributed by atoms with E-state index in [0.29, 0.717) is 11.1 Å². The van der Waals surface area contributed by atoms with Gasteiger partial charge in [-0.15, -0.1) is 0 Å². The minimum Gasteiger partial charge on any atom is -0.507 e. The van der Waals surface area contributed by atoms with Crippen LogP contribution in [0.15, 0.2) is 39.6 Å². The number of carbonyl (C=O) groups excluding carboxylic acids is 3. The minimum atomic E-state index is -2.27. The fourth-order valence-corrected chi connectivity index (χ4v) is 9.39. The normalized spacial score (nSPS) is 30.4. The number of aliphatic hydroxyl groups excluding tert-OH is 3. The van der Waals surface area contributed by atoms with Crippen LogP contribution in [0.25, 0.3) is 11.0 Å². The molecule has 0 spiro atoms. The minimum absolute atomic E-state index is 0.0187. The molecule has 4 aliphatic rings. The number of benzene rings is 2. The molecule has 7 rings (SSSR count). The molecule has 1 aromatic heterocycles. The molecule has 3 aromatic rings. The van der Waals surface area contributed by atoms with Gasteiger partial charge < -0.3 is 63.8 Å². The lowest BCUT2D eigenvalue weighted by Gasteiger charge is -2.50. The van der Waals surface area contributed by atoms with Crippen molar-refractivity contribution in [3.05, 3.63) is 85.3 Å². The summed E-state index contributed by atoms with van der Waals surface area (Å²) in [5.41, 5.74) is -1.48. The van der Waals surface area contributed by atoms with Gasteiger partial charge in [0.15, 0.2) is 29.0 Å². The van der Waals surface area contributed by atoms with Crippen LogP contribution in [0.1, 0.15) is 121 Å². The van der Waals surface area contributed by atoms with Crippen LogP contribution in [-0.2, 0) is 38.9 Å². The molecule has 0 radical (unpaired) electrons. The Morgan fingerprint density at radius 3 is 2.03 bits per heavy atom. The summed E-state index contributed by atoms with van der Waals surface area (Å²) in [6.45, 7) is 12.2. The summed E-state index contributed by atoms with van der Waals surface area (Å²) >= 11 is 0. The van der Waals surface area contributed by atoms with Crippen LogP contribution in [0.4, 0.5) is 0 Å². The smallest absolute Gasteiger partial charge is 0.335 e. The maximum atomic E-state index is 15.2. The predicted octanol–water partition coefficient (Wildman–Crippen LogP) is 2.89. The largest absolute Gasteiger partial charge is 0.507 e. The van der Waals surface area contributed by atoms with Crippen molar-refractivity contribution in [3.63, 3.8) is 0 Å². The van der Waals surface area contributed by atoms with Gasteiger partial charge in [0.05, 0.1) is 52.6 Å². The molecule has 4 unspecified atom stereocenters. The van der Waals surface area contributed by atoms with Gasteiger partial charge in [-0.1, -0.05) is 12.2 Å². The molecule has 1 aliphatic carbocycles. The number of esters is 1. The molecule has 3 aliphatic heterocycles. The first-order valence-electron chi connectivity index (χ1n) is 21.4. The topological polar surface area (TPSA) is 284 Å². The standard InChI is InChI=1S/C43H52N2O11.C4H6O6/c1-12-13-30-43(7,56-30)31-17-27(47)32-19(2)14-25-34(40(32)55-31)39(51)35-33(38(25)50)23(28-16-26(44(8)9)36(48)20(3)52-28)15-24(37(35)49)29-18-42(6,45(10)11)41(21(4)53-29)54-22(5)46;5-1(3(7)8)2(6)4(9)10/h12-15,17,20-21,26,28-30,36,41,48-49H,16,18H2,1-11H3;1-2,5-6H,(H,7,8)(H,9,10)/b13-12+;/t20-,21-,26+,28-,29-,30?,36-,41-,42+,43?;/m0./s1. The lowest BCUT2D eigenvalue weighted by Crippen LogP contribution is -2.61. The zero-order valence-electron chi connectivity index (χ0n) is 38.6. The molecule has 0 amide bonds. The lowest BCUT2D eigenvalue weighted by molar-refractivity contribution is -0.201. The van der Waals surface area contributed by atoms with E-state index in [-0.39, 0.29) is 69.5 Å². The van der Waals surface area contributed by atoms with Crippen LogP contribution in [0, 0.1) is 6.92 Å². The van der Waals surface area contributed by atoms with Crippen molar-refractivity contribution in [1.82, 2.24) is 9.80 Å². The van der Waals surface area contributed by atoms with Crippen LogP contribution in [0.3, 0.4) is 0 Å². The Labute approximate surface area is 380 Å². The number of likely N-dealkylation sites (N-methyl/N-ethyl adjacent to an activating group) is 2. The van der Waals surface area contributed by atoms with Gasteiger partial charge in [-0.3, -0.25) is 19.2 Å². The van der Waals surface area contributed by atoms with Crippen molar-refractivity contribution in [3.8, 4) is 5.75 Å². The van der Waals surface area contributed by atoms with Crippen LogP contribution in [-0.4, -0.2) is 152 Å². The fraction of sp³-hybridized carbons (Fsp3) is 0.532. The van der Waals surface area contributed by atoms with Crippen LogP contribution < -0.4 is 5.43 Å². The number of carboxylic acids is 2. The number of phenols is 1. The number of aliphatic carboxylic acids is 2. The van der Waals surface area contributed by atoms with E-state index in [1.807, 2.05) is 64.0 Å². The fourth-order valence-electron chi connectivity index (χ4n) is 9.39. The van der Waals surface area contributed by atoms with E-state index in [0.717, 1.165) is 0 Å². The van der Waals surface area contributed by atoms with E-state index in [4.69, 9.17) is 43.8 Å². The van der Waals surface area contributed by atoms with E-state index < -0.39 is 101 Å². The molecule has 3 saturated heterocycles. The van der Waals surface area contributed by atoms with Crippen molar-refractivity contribution in [2.45, 2.75) is 133 Å². The van der Waals surface area contributed by atoms with Gasteiger partial charge in [-0.25, -0.2) is 9.59 Å². The number of fused-ring (bicyclic) bond motifs is 4. The predicted molar refractivity (Wildman–Crippen MR) is 233 cm³/mol. The Bertz CT molecular complexity index is 2550. The highest BCUT2D eigenvalue weighted by Crippen LogP contribution is 2.51. The highest BCUT2D eigenvalue weighted by Gasteiger charge is 2.55. The lowest BCUT2D eigenvalue weighted by atomic mass is 9.74. The van der Waals surface area contributed by atoms with Crippen molar-refractivity contribution in [2.24, 2.45) is 0 Å². The highest BCUT2D eigenvalue weighted by atomic mass is 16.6. The maximum absolute atomic E-state index is 15.2. The first-order valence-corrected chi connectivity index (χ1v) is 21.4. The van der Waals surface area contributed by atoms with Crippen molar-refractivity contribution < 1.29 is 78.0 Å². The van der Waals surface area contributed by atoms with Gasteiger partial charge in [0.25, 0.3) is 0 Å². The third kappa shape index (κ3) is 8.69. The quantitative estimate of drug-likeness (QED) is 0.0757.